The molecule has 0 N–H and O–H groups in total. The highest BCUT2D eigenvalue weighted by molar-refractivity contribution is 5.50. The zero-order chi connectivity index (χ0) is 16.1. The summed E-state index contributed by atoms with van der Waals surface area (Å²) < 4.78 is 5.77. The molecule has 0 unspecified atom stereocenters. The Morgan fingerprint density at radius 1 is 1.00 bits per heavy atom. The van der Waals surface area contributed by atoms with Gasteiger partial charge in [0.2, 0.25) is 0 Å². The normalized spacial score (nSPS) is 28.6. The quantitative estimate of drug-likeness (QED) is 0.702. The van der Waals surface area contributed by atoms with Crippen LogP contribution in [0.2, 0.25) is 0 Å². The fourth-order valence-corrected chi connectivity index (χ4v) is 4.54. The van der Waals surface area contributed by atoms with E-state index in [9.17, 15) is 0 Å². The van der Waals surface area contributed by atoms with Crippen molar-refractivity contribution in [2.75, 3.05) is 7.11 Å². The molecule has 0 spiro atoms. The SMILES string of the molecule is COc1cc2c(cc1CC1CC(C)C1)C(C)(C)CCC2(C)C. The number of methoxy groups -OCH3 is 1. The van der Waals surface area contributed by atoms with Gasteiger partial charge in [0.25, 0.3) is 0 Å². The molecule has 2 aliphatic rings. The first-order valence-electron chi connectivity index (χ1n) is 8.95. The van der Waals surface area contributed by atoms with Crippen LogP contribution in [0.5, 0.6) is 5.75 Å². The Bertz CT molecular complexity index is 562. The third kappa shape index (κ3) is 2.68. The molecule has 0 atom stereocenters. The summed E-state index contributed by atoms with van der Waals surface area (Å²) in [6.45, 7) is 11.9. The van der Waals surface area contributed by atoms with Crippen molar-refractivity contribution in [3.05, 3.63) is 28.8 Å². The average molecular weight is 300 g/mol. The summed E-state index contributed by atoms with van der Waals surface area (Å²) in [5.74, 6) is 2.90. The first kappa shape index (κ1) is 15.9. The fraction of sp³-hybridized carbons (Fsp3) is 0.714. The smallest absolute Gasteiger partial charge is 0.122 e. The Morgan fingerprint density at radius 2 is 1.55 bits per heavy atom. The van der Waals surface area contributed by atoms with E-state index in [1.165, 1.54) is 43.2 Å². The van der Waals surface area contributed by atoms with E-state index in [2.05, 4.69) is 46.8 Å². The molecule has 0 saturated heterocycles. The first-order chi connectivity index (χ1) is 10.2. The Hall–Kier alpha value is -0.980. The van der Waals surface area contributed by atoms with Gasteiger partial charge in [-0.15, -0.1) is 0 Å². The van der Waals surface area contributed by atoms with E-state index >= 15 is 0 Å². The molecule has 1 aromatic rings. The van der Waals surface area contributed by atoms with Gasteiger partial charge in [0.05, 0.1) is 7.11 Å². The van der Waals surface area contributed by atoms with Gasteiger partial charge in [-0.2, -0.15) is 0 Å². The lowest BCUT2D eigenvalue weighted by Gasteiger charge is -2.42. The molecule has 1 fully saturated rings. The standard InChI is InChI=1S/C21H32O/c1-14-9-15(10-14)11-16-12-17-18(13-19(16)22-6)21(4,5)8-7-20(17,2)3/h12-15H,7-11H2,1-6H3. The number of rotatable bonds is 3. The molecule has 1 heteroatoms. The van der Waals surface area contributed by atoms with Gasteiger partial charge >= 0.3 is 0 Å². The van der Waals surface area contributed by atoms with Gasteiger partial charge in [-0.05, 0) is 77.5 Å². The summed E-state index contributed by atoms with van der Waals surface area (Å²) in [5.41, 5.74) is 5.06. The maximum Gasteiger partial charge on any atom is 0.122 e. The molecule has 0 heterocycles. The minimum absolute atomic E-state index is 0.266. The Labute approximate surface area is 136 Å². The van der Waals surface area contributed by atoms with Crippen LogP contribution in [0.4, 0.5) is 0 Å². The number of ether oxygens (including phenoxy) is 1. The van der Waals surface area contributed by atoms with Crippen molar-refractivity contribution in [1.82, 2.24) is 0 Å². The molecule has 0 aromatic heterocycles. The van der Waals surface area contributed by atoms with Crippen molar-refractivity contribution in [2.45, 2.75) is 77.6 Å². The van der Waals surface area contributed by atoms with Crippen LogP contribution in [0.15, 0.2) is 12.1 Å². The number of fused-ring (bicyclic) bond motifs is 1. The molecule has 22 heavy (non-hydrogen) atoms. The maximum absolute atomic E-state index is 5.77. The molecule has 1 aromatic carbocycles. The van der Waals surface area contributed by atoms with E-state index in [4.69, 9.17) is 4.74 Å². The maximum atomic E-state index is 5.77. The van der Waals surface area contributed by atoms with E-state index in [1.807, 2.05) is 7.11 Å². The number of hydrogen-bond acceptors (Lipinski definition) is 1. The lowest BCUT2D eigenvalue weighted by atomic mass is 9.62. The number of benzene rings is 1. The van der Waals surface area contributed by atoms with Gasteiger partial charge in [0.1, 0.15) is 5.75 Å². The van der Waals surface area contributed by atoms with E-state index in [0.29, 0.717) is 5.41 Å². The highest BCUT2D eigenvalue weighted by Crippen LogP contribution is 2.48. The third-order valence-corrected chi connectivity index (χ3v) is 6.23. The van der Waals surface area contributed by atoms with Crippen LogP contribution in [-0.2, 0) is 17.3 Å². The van der Waals surface area contributed by atoms with Crippen LogP contribution >= 0.6 is 0 Å². The summed E-state index contributed by atoms with van der Waals surface area (Å²) >= 11 is 0. The molecule has 0 amide bonds. The summed E-state index contributed by atoms with van der Waals surface area (Å²) in [5, 5.41) is 0. The Kier molecular flexibility index (Phi) is 3.82. The summed E-state index contributed by atoms with van der Waals surface area (Å²) in [7, 11) is 1.83. The minimum atomic E-state index is 0.266. The van der Waals surface area contributed by atoms with Crippen molar-refractivity contribution >= 4 is 0 Å². The van der Waals surface area contributed by atoms with Crippen LogP contribution in [0, 0.1) is 11.8 Å². The van der Waals surface area contributed by atoms with Crippen LogP contribution in [0.3, 0.4) is 0 Å². The van der Waals surface area contributed by atoms with E-state index in [0.717, 1.165) is 17.6 Å². The zero-order valence-electron chi connectivity index (χ0n) is 15.3. The first-order valence-corrected chi connectivity index (χ1v) is 8.95. The molecule has 0 aliphatic heterocycles. The summed E-state index contributed by atoms with van der Waals surface area (Å²) in [4.78, 5) is 0. The van der Waals surface area contributed by atoms with E-state index < -0.39 is 0 Å². The van der Waals surface area contributed by atoms with Gasteiger partial charge in [0, 0.05) is 0 Å². The Balaban J connectivity index is 2.01. The minimum Gasteiger partial charge on any atom is -0.496 e. The van der Waals surface area contributed by atoms with E-state index in [1.54, 1.807) is 5.56 Å². The highest BCUT2D eigenvalue weighted by atomic mass is 16.5. The van der Waals surface area contributed by atoms with Gasteiger partial charge in [-0.25, -0.2) is 0 Å². The van der Waals surface area contributed by atoms with Crippen LogP contribution in [-0.4, -0.2) is 7.11 Å². The van der Waals surface area contributed by atoms with Crippen molar-refractivity contribution in [3.63, 3.8) is 0 Å². The molecular formula is C21H32O. The van der Waals surface area contributed by atoms with Gasteiger partial charge in [-0.3, -0.25) is 0 Å². The molecule has 0 radical (unpaired) electrons. The lowest BCUT2D eigenvalue weighted by Crippen LogP contribution is -2.34. The highest BCUT2D eigenvalue weighted by Gasteiger charge is 2.38. The van der Waals surface area contributed by atoms with E-state index in [-0.39, 0.29) is 5.41 Å². The fourth-order valence-electron chi connectivity index (χ4n) is 4.54. The second-order valence-corrected chi connectivity index (χ2v) is 9.12. The molecule has 1 saturated carbocycles. The molecule has 1 nitrogen and oxygen atoms in total. The molecule has 3 rings (SSSR count). The molecule has 2 aliphatic carbocycles. The van der Waals surface area contributed by atoms with Crippen LogP contribution in [0.1, 0.15) is 77.0 Å². The van der Waals surface area contributed by atoms with Crippen molar-refractivity contribution in [1.29, 1.82) is 0 Å². The van der Waals surface area contributed by atoms with Crippen molar-refractivity contribution in [2.24, 2.45) is 11.8 Å². The van der Waals surface area contributed by atoms with Gasteiger partial charge < -0.3 is 4.74 Å². The topological polar surface area (TPSA) is 9.23 Å². The largest absolute Gasteiger partial charge is 0.496 e. The van der Waals surface area contributed by atoms with Crippen LogP contribution < -0.4 is 4.74 Å². The second-order valence-electron chi connectivity index (χ2n) is 9.12. The number of hydrogen-bond donors (Lipinski definition) is 0. The molecule has 0 bridgehead atoms. The molecule has 122 valence electrons. The predicted molar refractivity (Wildman–Crippen MR) is 93.9 cm³/mol. The van der Waals surface area contributed by atoms with Gasteiger partial charge in [-0.1, -0.05) is 40.7 Å². The van der Waals surface area contributed by atoms with Crippen molar-refractivity contribution < 1.29 is 4.74 Å². The average Bonchev–Trinajstić information content (AvgIpc) is 2.42. The molecular weight excluding hydrogens is 268 g/mol. The Morgan fingerprint density at radius 3 is 2.05 bits per heavy atom. The predicted octanol–water partition coefficient (Wildman–Crippen LogP) is 5.63. The van der Waals surface area contributed by atoms with Crippen LogP contribution in [0.25, 0.3) is 0 Å². The summed E-state index contributed by atoms with van der Waals surface area (Å²) in [6, 6.07) is 4.84. The zero-order valence-corrected chi connectivity index (χ0v) is 15.3. The monoisotopic (exact) mass is 300 g/mol. The summed E-state index contributed by atoms with van der Waals surface area (Å²) in [6.07, 6.45) is 6.50. The second kappa shape index (κ2) is 5.28. The van der Waals surface area contributed by atoms with Crippen molar-refractivity contribution in [3.8, 4) is 5.75 Å². The van der Waals surface area contributed by atoms with Gasteiger partial charge in [0.15, 0.2) is 0 Å². The lowest BCUT2D eigenvalue weighted by molar-refractivity contribution is 0.209. The third-order valence-electron chi connectivity index (χ3n) is 6.23.